The zero-order valence-electron chi connectivity index (χ0n) is 10.1. The van der Waals surface area contributed by atoms with E-state index in [1.165, 1.54) is 43.2 Å². The second kappa shape index (κ2) is 5.72. The molecule has 0 aromatic heterocycles. The maximum atomic E-state index is 6.15. The number of alkyl halides is 1. The molecule has 88 valence electrons. The van der Waals surface area contributed by atoms with Gasteiger partial charge in [-0.2, -0.15) is 0 Å². The van der Waals surface area contributed by atoms with Crippen LogP contribution in [0, 0.1) is 12.8 Å². The summed E-state index contributed by atoms with van der Waals surface area (Å²) in [5.74, 6) is 2.25. The van der Waals surface area contributed by atoms with Crippen molar-refractivity contribution in [2.24, 2.45) is 5.92 Å². The standard InChI is InChI=1S/C15H21Cl/c1-12-6-2-5-9-15(12)14(11-16)10-13-7-3-4-8-13/h2,5-6,9,13-14H,3-4,7-8,10-11H2,1H3. The third kappa shape index (κ3) is 2.79. The molecule has 0 radical (unpaired) electrons. The second-order valence-corrected chi connectivity index (χ2v) is 5.40. The van der Waals surface area contributed by atoms with Crippen LogP contribution >= 0.6 is 11.6 Å². The van der Waals surface area contributed by atoms with E-state index in [1.807, 2.05) is 0 Å². The van der Waals surface area contributed by atoms with Gasteiger partial charge in [0.05, 0.1) is 0 Å². The minimum Gasteiger partial charge on any atom is -0.126 e. The van der Waals surface area contributed by atoms with Gasteiger partial charge in [0.25, 0.3) is 0 Å². The Kier molecular flexibility index (Phi) is 4.29. The third-order valence-corrected chi connectivity index (χ3v) is 4.28. The normalized spacial score (nSPS) is 18.9. The number of rotatable bonds is 4. The van der Waals surface area contributed by atoms with E-state index in [-0.39, 0.29) is 0 Å². The van der Waals surface area contributed by atoms with Gasteiger partial charge >= 0.3 is 0 Å². The molecule has 0 heterocycles. The Labute approximate surface area is 104 Å². The van der Waals surface area contributed by atoms with E-state index in [0.717, 1.165) is 11.8 Å². The zero-order chi connectivity index (χ0) is 11.4. The van der Waals surface area contributed by atoms with E-state index in [0.29, 0.717) is 5.92 Å². The van der Waals surface area contributed by atoms with Crippen LogP contribution in [-0.4, -0.2) is 5.88 Å². The summed E-state index contributed by atoms with van der Waals surface area (Å²) < 4.78 is 0. The fourth-order valence-electron chi connectivity index (χ4n) is 2.97. The summed E-state index contributed by atoms with van der Waals surface area (Å²) >= 11 is 6.15. The highest BCUT2D eigenvalue weighted by molar-refractivity contribution is 6.18. The summed E-state index contributed by atoms with van der Waals surface area (Å²) in [6.07, 6.45) is 6.97. The smallest absolute Gasteiger partial charge is 0.0292 e. The van der Waals surface area contributed by atoms with Crippen LogP contribution in [0.5, 0.6) is 0 Å². The van der Waals surface area contributed by atoms with Crippen molar-refractivity contribution >= 4 is 11.6 Å². The lowest BCUT2D eigenvalue weighted by Crippen LogP contribution is -2.08. The molecule has 1 aromatic carbocycles. The van der Waals surface area contributed by atoms with E-state index >= 15 is 0 Å². The van der Waals surface area contributed by atoms with Gasteiger partial charge in [-0.25, -0.2) is 0 Å². The molecule has 0 saturated heterocycles. The molecule has 0 N–H and O–H groups in total. The van der Waals surface area contributed by atoms with Crippen molar-refractivity contribution in [1.82, 2.24) is 0 Å². The molecule has 1 aliphatic rings. The Hall–Kier alpha value is -0.490. The Morgan fingerprint density at radius 2 is 1.94 bits per heavy atom. The van der Waals surface area contributed by atoms with Crippen LogP contribution in [0.4, 0.5) is 0 Å². The van der Waals surface area contributed by atoms with Crippen LogP contribution < -0.4 is 0 Å². The fourth-order valence-corrected chi connectivity index (χ4v) is 3.26. The van der Waals surface area contributed by atoms with Crippen LogP contribution in [0.1, 0.15) is 49.1 Å². The van der Waals surface area contributed by atoms with Crippen LogP contribution in [-0.2, 0) is 0 Å². The third-order valence-electron chi connectivity index (χ3n) is 3.91. The van der Waals surface area contributed by atoms with Crippen LogP contribution in [0.25, 0.3) is 0 Å². The van der Waals surface area contributed by atoms with Crippen molar-refractivity contribution < 1.29 is 0 Å². The Bertz CT molecular complexity index is 326. The van der Waals surface area contributed by atoms with Gasteiger partial charge in [-0.15, -0.1) is 11.6 Å². The average Bonchev–Trinajstić information content (AvgIpc) is 2.80. The minimum atomic E-state index is 0.561. The molecule has 1 atom stereocenters. The van der Waals surface area contributed by atoms with Crippen molar-refractivity contribution in [3.05, 3.63) is 35.4 Å². The van der Waals surface area contributed by atoms with Crippen molar-refractivity contribution in [3.8, 4) is 0 Å². The lowest BCUT2D eigenvalue weighted by atomic mass is 9.87. The predicted octanol–water partition coefficient (Wildman–Crippen LogP) is 4.90. The molecule has 1 aromatic rings. The van der Waals surface area contributed by atoms with Gasteiger partial charge in [0.15, 0.2) is 0 Å². The van der Waals surface area contributed by atoms with Crippen LogP contribution in [0.15, 0.2) is 24.3 Å². The first-order valence-electron chi connectivity index (χ1n) is 6.42. The number of aryl methyl sites for hydroxylation is 1. The Morgan fingerprint density at radius 1 is 1.25 bits per heavy atom. The molecule has 16 heavy (non-hydrogen) atoms. The van der Waals surface area contributed by atoms with Gasteiger partial charge in [0, 0.05) is 5.88 Å². The summed E-state index contributed by atoms with van der Waals surface area (Å²) in [4.78, 5) is 0. The van der Waals surface area contributed by atoms with E-state index in [1.54, 1.807) is 0 Å². The molecule has 1 aliphatic carbocycles. The number of hydrogen-bond donors (Lipinski definition) is 0. The molecule has 0 aliphatic heterocycles. The predicted molar refractivity (Wildman–Crippen MR) is 71.2 cm³/mol. The fraction of sp³-hybridized carbons (Fsp3) is 0.600. The lowest BCUT2D eigenvalue weighted by Gasteiger charge is -2.20. The van der Waals surface area contributed by atoms with Gasteiger partial charge in [-0.1, -0.05) is 49.9 Å². The van der Waals surface area contributed by atoms with Crippen molar-refractivity contribution in [2.75, 3.05) is 5.88 Å². The average molecular weight is 237 g/mol. The summed E-state index contributed by atoms with van der Waals surface area (Å²) in [5, 5.41) is 0. The second-order valence-electron chi connectivity index (χ2n) is 5.09. The van der Waals surface area contributed by atoms with Gasteiger partial charge < -0.3 is 0 Å². The van der Waals surface area contributed by atoms with Crippen LogP contribution in [0.3, 0.4) is 0 Å². The van der Waals surface area contributed by atoms with E-state index in [2.05, 4.69) is 31.2 Å². The minimum absolute atomic E-state index is 0.561. The molecule has 0 amide bonds. The molecule has 0 spiro atoms. The van der Waals surface area contributed by atoms with E-state index < -0.39 is 0 Å². The van der Waals surface area contributed by atoms with Crippen LogP contribution in [0.2, 0.25) is 0 Å². The van der Waals surface area contributed by atoms with Gasteiger partial charge in [0.1, 0.15) is 0 Å². The molecular formula is C15H21Cl. The SMILES string of the molecule is Cc1ccccc1C(CCl)CC1CCCC1. The van der Waals surface area contributed by atoms with Gasteiger partial charge in [-0.3, -0.25) is 0 Å². The van der Waals surface area contributed by atoms with Crippen molar-refractivity contribution in [3.63, 3.8) is 0 Å². The summed E-state index contributed by atoms with van der Waals surface area (Å²) in [7, 11) is 0. The first-order valence-corrected chi connectivity index (χ1v) is 6.96. The highest BCUT2D eigenvalue weighted by Crippen LogP contribution is 2.35. The summed E-state index contributed by atoms with van der Waals surface area (Å²) in [6, 6.07) is 8.69. The molecule has 0 nitrogen and oxygen atoms in total. The van der Waals surface area contributed by atoms with E-state index in [9.17, 15) is 0 Å². The van der Waals surface area contributed by atoms with Crippen molar-refractivity contribution in [2.45, 2.75) is 44.9 Å². The highest BCUT2D eigenvalue weighted by atomic mass is 35.5. The molecule has 0 bridgehead atoms. The maximum Gasteiger partial charge on any atom is 0.0292 e. The first kappa shape index (κ1) is 12.0. The first-order chi connectivity index (χ1) is 7.81. The monoisotopic (exact) mass is 236 g/mol. The molecule has 1 unspecified atom stereocenters. The number of hydrogen-bond acceptors (Lipinski definition) is 0. The maximum absolute atomic E-state index is 6.15. The van der Waals surface area contributed by atoms with Gasteiger partial charge in [0.2, 0.25) is 0 Å². The Morgan fingerprint density at radius 3 is 2.56 bits per heavy atom. The largest absolute Gasteiger partial charge is 0.126 e. The highest BCUT2D eigenvalue weighted by Gasteiger charge is 2.21. The quantitative estimate of drug-likeness (QED) is 0.653. The molecule has 1 heteroatoms. The van der Waals surface area contributed by atoms with E-state index in [4.69, 9.17) is 11.6 Å². The molecular weight excluding hydrogens is 216 g/mol. The summed E-state index contributed by atoms with van der Waals surface area (Å²) in [5.41, 5.74) is 2.86. The number of halogens is 1. The molecule has 1 saturated carbocycles. The van der Waals surface area contributed by atoms with Crippen molar-refractivity contribution in [1.29, 1.82) is 0 Å². The zero-order valence-corrected chi connectivity index (χ0v) is 10.8. The summed E-state index contributed by atoms with van der Waals surface area (Å²) in [6.45, 7) is 2.20. The topological polar surface area (TPSA) is 0 Å². The Balaban J connectivity index is 2.06. The molecule has 1 fully saturated rings. The number of benzene rings is 1. The van der Waals surface area contributed by atoms with Gasteiger partial charge in [-0.05, 0) is 36.3 Å². The molecule has 2 rings (SSSR count). The lowest BCUT2D eigenvalue weighted by molar-refractivity contribution is 0.461.